The Hall–Kier alpha value is -4.20. The van der Waals surface area contributed by atoms with E-state index < -0.39 is 5.82 Å². The first-order valence-corrected chi connectivity index (χ1v) is 11.2. The predicted molar refractivity (Wildman–Crippen MR) is 131 cm³/mol. The van der Waals surface area contributed by atoms with Crippen molar-refractivity contribution in [3.05, 3.63) is 101 Å². The molecule has 1 aliphatic rings. The number of piperazine rings is 1. The minimum absolute atomic E-state index is 0.153. The number of hydrogen-bond donors (Lipinski definition) is 1. The van der Waals surface area contributed by atoms with Crippen LogP contribution in [0.2, 0.25) is 0 Å². The lowest BCUT2D eigenvalue weighted by atomic mass is 10.2. The normalized spacial score (nSPS) is 13.8. The van der Waals surface area contributed by atoms with Crippen LogP contribution in [0.1, 0.15) is 5.56 Å². The van der Waals surface area contributed by atoms with Crippen LogP contribution in [0.25, 0.3) is 11.0 Å². The lowest BCUT2D eigenvalue weighted by Gasteiger charge is -2.35. The van der Waals surface area contributed by atoms with Crippen molar-refractivity contribution in [2.24, 2.45) is 0 Å². The van der Waals surface area contributed by atoms with Crippen molar-refractivity contribution in [3.63, 3.8) is 0 Å². The second kappa shape index (κ2) is 9.35. The fourth-order valence-electron chi connectivity index (χ4n) is 4.20. The minimum atomic E-state index is -0.406. The molecule has 2 heterocycles. The van der Waals surface area contributed by atoms with Gasteiger partial charge in [-0.05, 0) is 35.9 Å². The van der Waals surface area contributed by atoms with E-state index in [0.29, 0.717) is 44.2 Å². The summed E-state index contributed by atoms with van der Waals surface area (Å²) in [6.45, 7) is 2.25. The molecule has 2 amide bonds. The molecule has 0 radical (unpaired) electrons. The third-order valence-corrected chi connectivity index (χ3v) is 5.96. The Bertz CT molecular complexity index is 1380. The number of nitrogens with one attached hydrogen (secondary N) is 1. The average molecular weight is 458 g/mol. The molecular weight excluding hydrogens is 433 g/mol. The molecule has 0 aliphatic carbocycles. The number of hydrogen-bond acceptors (Lipinski definition) is 4. The van der Waals surface area contributed by atoms with E-state index in [0.717, 1.165) is 16.6 Å². The summed E-state index contributed by atoms with van der Waals surface area (Å²) in [5, 5.41) is 2.73. The number of fused-ring (bicyclic) bond motifs is 1. The van der Waals surface area contributed by atoms with E-state index in [1.165, 1.54) is 12.1 Å². The molecule has 0 spiro atoms. The highest BCUT2D eigenvalue weighted by molar-refractivity contribution is 5.89. The first kappa shape index (κ1) is 21.6. The Kier molecular flexibility index (Phi) is 5.95. The monoisotopic (exact) mass is 457 g/mol. The molecule has 0 unspecified atom stereocenters. The lowest BCUT2D eigenvalue weighted by molar-refractivity contribution is 0.208. The highest BCUT2D eigenvalue weighted by atomic mass is 19.1. The van der Waals surface area contributed by atoms with Crippen LogP contribution < -0.4 is 15.8 Å². The Morgan fingerprint density at radius 3 is 2.41 bits per heavy atom. The fraction of sp³-hybridized carbons (Fsp3) is 0.192. The van der Waals surface area contributed by atoms with Gasteiger partial charge in [0.25, 0.3) is 5.56 Å². The molecule has 7 nitrogen and oxygen atoms in total. The van der Waals surface area contributed by atoms with Gasteiger partial charge >= 0.3 is 6.03 Å². The average Bonchev–Trinajstić information content (AvgIpc) is 2.86. The number of anilines is 2. The van der Waals surface area contributed by atoms with Gasteiger partial charge in [0.1, 0.15) is 5.82 Å². The van der Waals surface area contributed by atoms with Gasteiger partial charge < -0.3 is 15.1 Å². The third kappa shape index (κ3) is 4.47. The number of aromatic nitrogens is 2. The van der Waals surface area contributed by atoms with Crippen molar-refractivity contribution in [1.82, 2.24) is 14.5 Å². The summed E-state index contributed by atoms with van der Waals surface area (Å²) in [6.07, 6.45) is 0. The van der Waals surface area contributed by atoms with Crippen LogP contribution >= 0.6 is 0 Å². The topological polar surface area (TPSA) is 70.5 Å². The maximum atomic E-state index is 13.5. The Balaban J connectivity index is 1.36. The molecule has 3 aromatic carbocycles. The first-order valence-electron chi connectivity index (χ1n) is 11.2. The maximum absolute atomic E-state index is 13.5. The number of amides is 2. The number of halogens is 1. The standard InChI is InChI=1S/C26H24FN5O2/c27-20-9-6-10-21(17-20)28-26(34)31-15-13-30(14-16-31)24-25(33)32(18-19-7-2-1-3-8-19)23-12-5-4-11-22(23)29-24/h1-12,17H,13-16,18H2,(H,28,34). The predicted octanol–water partition coefficient (Wildman–Crippen LogP) is 3.94. The number of nitrogens with zero attached hydrogens (tertiary/aromatic N) is 4. The largest absolute Gasteiger partial charge is 0.348 e. The summed E-state index contributed by atoms with van der Waals surface area (Å²) in [7, 11) is 0. The summed E-state index contributed by atoms with van der Waals surface area (Å²) in [5.74, 6) is -0.0170. The molecule has 1 aliphatic heterocycles. The van der Waals surface area contributed by atoms with Gasteiger partial charge in [0.05, 0.1) is 17.6 Å². The summed E-state index contributed by atoms with van der Waals surface area (Å²) in [5.41, 5.74) is 2.82. The van der Waals surface area contributed by atoms with Crippen molar-refractivity contribution in [1.29, 1.82) is 0 Å². The molecule has 8 heteroatoms. The minimum Gasteiger partial charge on any atom is -0.348 e. The van der Waals surface area contributed by atoms with Gasteiger partial charge in [0.15, 0.2) is 5.82 Å². The van der Waals surface area contributed by atoms with Crippen molar-refractivity contribution < 1.29 is 9.18 Å². The van der Waals surface area contributed by atoms with Crippen LogP contribution in [-0.4, -0.2) is 46.7 Å². The van der Waals surface area contributed by atoms with Crippen LogP contribution in [0.5, 0.6) is 0 Å². The number of para-hydroxylation sites is 2. The van der Waals surface area contributed by atoms with Crippen molar-refractivity contribution >= 4 is 28.6 Å². The van der Waals surface area contributed by atoms with E-state index >= 15 is 0 Å². The summed E-state index contributed by atoms with van der Waals surface area (Å²) in [4.78, 5) is 34.4. The number of rotatable bonds is 4. The van der Waals surface area contributed by atoms with Crippen molar-refractivity contribution in [2.45, 2.75) is 6.54 Å². The zero-order chi connectivity index (χ0) is 23.5. The molecule has 1 saturated heterocycles. The van der Waals surface area contributed by atoms with E-state index in [-0.39, 0.29) is 11.6 Å². The quantitative estimate of drug-likeness (QED) is 0.504. The van der Waals surface area contributed by atoms with Crippen LogP contribution in [-0.2, 0) is 6.54 Å². The van der Waals surface area contributed by atoms with Crippen LogP contribution in [0.15, 0.2) is 83.7 Å². The highest BCUT2D eigenvalue weighted by Gasteiger charge is 2.25. The zero-order valence-electron chi connectivity index (χ0n) is 18.5. The van der Waals surface area contributed by atoms with E-state index in [9.17, 15) is 14.0 Å². The van der Waals surface area contributed by atoms with Gasteiger partial charge in [-0.15, -0.1) is 0 Å². The molecule has 5 rings (SSSR count). The van der Waals surface area contributed by atoms with Gasteiger partial charge in [-0.25, -0.2) is 14.2 Å². The number of carbonyl (C=O) groups is 1. The second-order valence-corrected chi connectivity index (χ2v) is 8.22. The van der Waals surface area contributed by atoms with Gasteiger partial charge in [-0.3, -0.25) is 9.36 Å². The van der Waals surface area contributed by atoms with Gasteiger partial charge in [-0.2, -0.15) is 0 Å². The molecule has 172 valence electrons. The number of urea groups is 1. The van der Waals surface area contributed by atoms with Crippen molar-refractivity contribution in [2.75, 3.05) is 36.4 Å². The van der Waals surface area contributed by atoms with Gasteiger partial charge in [0.2, 0.25) is 0 Å². The van der Waals surface area contributed by atoms with Crippen LogP contribution in [0.4, 0.5) is 20.7 Å². The summed E-state index contributed by atoms with van der Waals surface area (Å²) < 4.78 is 15.2. The molecule has 0 bridgehead atoms. The van der Waals surface area contributed by atoms with E-state index in [1.54, 1.807) is 21.6 Å². The number of benzene rings is 3. The highest BCUT2D eigenvalue weighted by Crippen LogP contribution is 2.18. The maximum Gasteiger partial charge on any atom is 0.321 e. The van der Waals surface area contributed by atoms with Crippen molar-refractivity contribution in [3.8, 4) is 0 Å². The molecule has 0 atom stereocenters. The molecular formula is C26H24FN5O2. The second-order valence-electron chi connectivity index (χ2n) is 8.22. The SMILES string of the molecule is O=C(Nc1cccc(F)c1)N1CCN(c2nc3ccccc3n(Cc3ccccc3)c2=O)CC1. The van der Waals surface area contributed by atoms with E-state index in [1.807, 2.05) is 59.5 Å². The zero-order valence-corrected chi connectivity index (χ0v) is 18.5. The lowest BCUT2D eigenvalue weighted by Crippen LogP contribution is -2.51. The Morgan fingerprint density at radius 1 is 0.912 bits per heavy atom. The Morgan fingerprint density at radius 2 is 1.65 bits per heavy atom. The molecule has 1 fully saturated rings. The smallest absolute Gasteiger partial charge is 0.321 e. The summed E-state index contributed by atoms with van der Waals surface area (Å²) >= 11 is 0. The molecule has 34 heavy (non-hydrogen) atoms. The molecule has 1 N–H and O–H groups in total. The molecule has 0 saturated carbocycles. The van der Waals surface area contributed by atoms with E-state index in [2.05, 4.69) is 10.3 Å². The summed E-state index contributed by atoms with van der Waals surface area (Å²) in [6, 6.07) is 23.0. The molecule has 4 aromatic rings. The Labute approximate surface area is 196 Å². The van der Waals surface area contributed by atoms with Crippen LogP contribution in [0.3, 0.4) is 0 Å². The van der Waals surface area contributed by atoms with Crippen LogP contribution in [0, 0.1) is 5.82 Å². The molecule has 1 aromatic heterocycles. The number of carbonyl (C=O) groups excluding carboxylic acids is 1. The third-order valence-electron chi connectivity index (χ3n) is 5.96. The first-order chi connectivity index (χ1) is 16.6. The fourth-order valence-corrected chi connectivity index (χ4v) is 4.20. The van der Waals surface area contributed by atoms with E-state index in [4.69, 9.17) is 0 Å². The van der Waals surface area contributed by atoms with Gasteiger partial charge in [-0.1, -0.05) is 48.5 Å². The van der Waals surface area contributed by atoms with Gasteiger partial charge in [0, 0.05) is 31.9 Å².